The topological polar surface area (TPSA) is 22.1 Å². The Hall–Kier alpha value is -1.56. The monoisotopic (exact) mass is 329 g/mol. The molecule has 0 N–H and O–H groups in total. The second-order valence-electron chi connectivity index (χ2n) is 6.19. The minimum atomic E-state index is -4.41. The highest BCUT2D eigenvalue weighted by Crippen LogP contribution is 2.37. The highest BCUT2D eigenvalue weighted by Gasteiger charge is 2.34. The fourth-order valence-corrected chi connectivity index (χ4v) is 2.49. The molecular formula is C16H18F3NOS. The van der Waals surface area contributed by atoms with Gasteiger partial charge in [-0.2, -0.15) is 13.2 Å². The molecule has 0 aliphatic rings. The number of para-hydroxylation sites is 1. The summed E-state index contributed by atoms with van der Waals surface area (Å²) < 4.78 is 43.7. The van der Waals surface area contributed by atoms with Crippen LogP contribution in [-0.4, -0.2) is 11.6 Å². The van der Waals surface area contributed by atoms with E-state index in [4.69, 9.17) is 4.74 Å². The molecule has 0 radical (unpaired) electrons. The molecule has 0 bridgehead atoms. The summed E-state index contributed by atoms with van der Waals surface area (Å²) in [6.07, 6.45) is -3.56. The van der Waals surface area contributed by atoms with Crippen molar-refractivity contribution in [3.63, 3.8) is 0 Å². The van der Waals surface area contributed by atoms with Gasteiger partial charge in [-0.3, -0.25) is 0 Å². The first-order chi connectivity index (χ1) is 10.2. The zero-order valence-electron chi connectivity index (χ0n) is 12.7. The lowest BCUT2D eigenvalue weighted by molar-refractivity contribution is -0.137. The molecule has 120 valence electrons. The van der Waals surface area contributed by atoms with Crippen molar-refractivity contribution >= 4 is 11.3 Å². The smallest absolute Gasteiger partial charge is 0.443 e. The zero-order chi connectivity index (χ0) is 16.4. The van der Waals surface area contributed by atoms with Crippen molar-refractivity contribution in [3.05, 3.63) is 34.7 Å². The molecule has 2 rings (SSSR count). The maximum Gasteiger partial charge on any atom is 0.443 e. The van der Waals surface area contributed by atoms with E-state index < -0.39 is 11.2 Å². The Morgan fingerprint density at radius 2 is 1.82 bits per heavy atom. The number of halogens is 3. The van der Waals surface area contributed by atoms with Gasteiger partial charge in [-0.05, 0) is 24.0 Å². The first-order valence-corrected chi connectivity index (χ1v) is 7.80. The predicted octanol–water partition coefficient (Wildman–Crippen LogP) is 5.64. The summed E-state index contributed by atoms with van der Waals surface area (Å²) in [6.45, 7) is 6.84. The molecule has 22 heavy (non-hydrogen) atoms. The lowest BCUT2D eigenvalue weighted by Gasteiger charge is -2.18. The van der Waals surface area contributed by atoms with Gasteiger partial charge in [-0.15, -0.1) is 11.3 Å². The summed E-state index contributed by atoms with van der Waals surface area (Å²) in [7, 11) is 0. The Kier molecular flexibility index (Phi) is 4.80. The molecule has 0 unspecified atom stereocenters. The molecule has 1 aromatic heterocycles. The van der Waals surface area contributed by atoms with Crippen LogP contribution in [0.2, 0.25) is 0 Å². The van der Waals surface area contributed by atoms with Crippen LogP contribution < -0.4 is 4.74 Å². The van der Waals surface area contributed by atoms with Crippen molar-refractivity contribution in [2.75, 3.05) is 6.61 Å². The van der Waals surface area contributed by atoms with E-state index in [-0.39, 0.29) is 5.41 Å². The molecule has 2 nitrogen and oxygen atoms in total. The molecule has 1 heterocycles. The molecule has 0 saturated heterocycles. The number of hydrogen-bond acceptors (Lipinski definition) is 3. The van der Waals surface area contributed by atoms with Crippen LogP contribution in [0, 0.1) is 5.41 Å². The van der Waals surface area contributed by atoms with Crippen LogP contribution in [0.5, 0.6) is 5.75 Å². The molecular weight excluding hydrogens is 311 g/mol. The zero-order valence-corrected chi connectivity index (χ0v) is 13.5. The molecule has 0 aliphatic carbocycles. The lowest BCUT2D eigenvalue weighted by Crippen LogP contribution is -2.11. The third-order valence-corrected chi connectivity index (χ3v) is 3.91. The maximum atomic E-state index is 12.7. The second kappa shape index (κ2) is 6.28. The predicted molar refractivity (Wildman–Crippen MR) is 82.1 cm³/mol. The van der Waals surface area contributed by atoms with Crippen LogP contribution in [-0.2, 0) is 6.18 Å². The fraction of sp³-hybridized carbons (Fsp3) is 0.438. The fourth-order valence-electron chi connectivity index (χ4n) is 1.80. The molecule has 6 heteroatoms. The molecule has 0 spiro atoms. The minimum absolute atomic E-state index is 0.138. The summed E-state index contributed by atoms with van der Waals surface area (Å²) in [5.74, 6) is 0.561. The Bertz CT molecular complexity index is 629. The molecule has 0 amide bonds. The number of nitrogens with zero attached hydrogens (tertiary/aromatic N) is 1. The minimum Gasteiger partial charge on any atom is -0.493 e. The number of benzene rings is 1. The standard InChI is InChI=1S/C16H18F3NOS/c1-15(2,3)8-9-21-13-7-5-4-6-11(13)12-10-22-14(20-12)16(17,18)19/h4-7,10H,8-9H2,1-3H3. The quantitative estimate of drug-likeness (QED) is 0.724. The van der Waals surface area contributed by atoms with Gasteiger partial charge in [0.25, 0.3) is 0 Å². The molecule has 2 aromatic rings. The van der Waals surface area contributed by atoms with Gasteiger partial charge in [-0.25, -0.2) is 4.98 Å². The van der Waals surface area contributed by atoms with Crippen LogP contribution in [0.15, 0.2) is 29.6 Å². The van der Waals surface area contributed by atoms with E-state index in [1.54, 1.807) is 24.3 Å². The number of ether oxygens (including phenoxy) is 1. The summed E-state index contributed by atoms with van der Waals surface area (Å²) in [4.78, 5) is 3.68. The second-order valence-corrected chi connectivity index (χ2v) is 7.05. The Labute approximate surface area is 132 Å². The van der Waals surface area contributed by atoms with Crippen LogP contribution in [0.1, 0.15) is 32.2 Å². The first-order valence-electron chi connectivity index (χ1n) is 6.92. The van der Waals surface area contributed by atoms with Gasteiger partial charge in [0.2, 0.25) is 0 Å². The van der Waals surface area contributed by atoms with Crippen LogP contribution in [0.4, 0.5) is 13.2 Å². The van der Waals surface area contributed by atoms with Crippen molar-refractivity contribution in [2.24, 2.45) is 5.41 Å². The van der Waals surface area contributed by atoms with Gasteiger partial charge in [0.1, 0.15) is 5.75 Å². The van der Waals surface area contributed by atoms with Crippen molar-refractivity contribution in [3.8, 4) is 17.0 Å². The molecule has 1 aromatic carbocycles. The average Bonchev–Trinajstić information content (AvgIpc) is 2.87. The number of alkyl halides is 3. The van der Waals surface area contributed by atoms with Crippen molar-refractivity contribution in [1.29, 1.82) is 0 Å². The number of hydrogen-bond donors (Lipinski definition) is 0. The lowest BCUT2D eigenvalue weighted by atomic mass is 9.93. The van der Waals surface area contributed by atoms with Crippen molar-refractivity contribution in [1.82, 2.24) is 4.98 Å². The van der Waals surface area contributed by atoms with Crippen molar-refractivity contribution < 1.29 is 17.9 Å². The van der Waals surface area contributed by atoms with Gasteiger partial charge in [-0.1, -0.05) is 32.9 Å². The normalized spacial score (nSPS) is 12.5. The summed E-state index contributed by atoms with van der Waals surface area (Å²) in [5, 5.41) is 0.571. The van der Waals surface area contributed by atoms with Crippen molar-refractivity contribution in [2.45, 2.75) is 33.4 Å². The van der Waals surface area contributed by atoms with E-state index in [0.29, 0.717) is 35.0 Å². The van der Waals surface area contributed by atoms with E-state index in [1.807, 2.05) is 0 Å². The molecule has 0 fully saturated rings. The van der Waals surface area contributed by atoms with Gasteiger partial charge in [0, 0.05) is 10.9 Å². The van der Waals surface area contributed by atoms with Gasteiger partial charge >= 0.3 is 6.18 Å². The number of rotatable bonds is 4. The van der Waals surface area contributed by atoms with E-state index in [2.05, 4.69) is 25.8 Å². The van der Waals surface area contributed by atoms with E-state index in [0.717, 1.165) is 6.42 Å². The van der Waals surface area contributed by atoms with Crippen LogP contribution in [0.25, 0.3) is 11.3 Å². The summed E-state index contributed by atoms with van der Waals surface area (Å²) in [5.41, 5.74) is 1.02. The third-order valence-electron chi connectivity index (χ3n) is 3.02. The molecule has 0 atom stereocenters. The Morgan fingerprint density at radius 3 is 2.41 bits per heavy atom. The van der Waals surface area contributed by atoms with Gasteiger partial charge in [0.05, 0.1) is 12.3 Å². The SMILES string of the molecule is CC(C)(C)CCOc1ccccc1-c1csc(C(F)(F)F)n1. The molecule has 0 saturated carbocycles. The average molecular weight is 329 g/mol. The molecule has 0 aliphatic heterocycles. The summed E-state index contributed by atoms with van der Waals surface area (Å²) in [6, 6.07) is 7.04. The van der Waals surface area contributed by atoms with E-state index >= 15 is 0 Å². The number of aromatic nitrogens is 1. The van der Waals surface area contributed by atoms with Crippen LogP contribution >= 0.6 is 11.3 Å². The maximum absolute atomic E-state index is 12.7. The first kappa shape index (κ1) is 16.8. The van der Waals surface area contributed by atoms with E-state index in [1.165, 1.54) is 5.38 Å². The highest BCUT2D eigenvalue weighted by atomic mass is 32.1. The van der Waals surface area contributed by atoms with Crippen LogP contribution in [0.3, 0.4) is 0 Å². The van der Waals surface area contributed by atoms with Gasteiger partial charge in [0.15, 0.2) is 5.01 Å². The van der Waals surface area contributed by atoms with Gasteiger partial charge < -0.3 is 4.74 Å². The largest absolute Gasteiger partial charge is 0.493 e. The Morgan fingerprint density at radius 1 is 1.14 bits per heavy atom. The number of thiazole rings is 1. The Balaban J connectivity index is 2.19. The third kappa shape index (κ3) is 4.47. The van der Waals surface area contributed by atoms with E-state index in [9.17, 15) is 13.2 Å². The summed E-state index contributed by atoms with van der Waals surface area (Å²) >= 11 is 0.596. The highest BCUT2D eigenvalue weighted by molar-refractivity contribution is 7.10.